The van der Waals surface area contributed by atoms with Gasteiger partial charge in [0.05, 0.1) is 21.1 Å². The second-order valence-corrected chi connectivity index (χ2v) is 7.00. The first-order valence-corrected chi connectivity index (χ1v) is 6.63. The zero-order valence-electron chi connectivity index (χ0n) is 8.53. The standard InChI is InChI=1S/C7H15N2S4/c1-8(2)6(10)12-13-7(11)9(3,4)5/h1-5H3/q+1. The van der Waals surface area contributed by atoms with Crippen molar-refractivity contribution in [2.24, 2.45) is 0 Å². The molecular formula is C7H15N2S4+. The van der Waals surface area contributed by atoms with Gasteiger partial charge in [-0.1, -0.05) is 12.2 Å². The fraction of sp³-hybridized carbons (Fsp3) is 0.714. The monoisotopic (exact) mass is 255 g/mol. The van der Waals surface area contributed by atoms with Crippen LogP contribution in [0.4, 0.5) is 0 Å². The summed E-state index contributed by atoms with van der Waals surface area (Å²) in [5, 5.41) is 0. The molecule has 0 spiro atoms. The Labute approximate surface area is 99.0 Å². The van der Waals surface area contributed by atoms with E-state index in [0.29, 0.717) is 4.48 Å². The molecule has 0 N–H and O–H groups in total. The summed E-state index contributed by atoms with van der Waals surface area (Å²) in [6.45, 7) is 0. The molecule has 0 aliphatic carbocycles. The summed E-state index contributed by atoms with van der Waals surface area (Å²) in [5.41, 5.74) is 0. The summed E-state index contributed by atoms with van der Waals surface area (Å²) in [5.74, 6) is 0. The van der Waals surface area contributed by atoms with E-state index in [1.165, 1.54) is 10.8 Å². The lowest BCUT2D eigenvalue weighted by atomic mass is 10.8. The molecule has 0 aliphatic heterocycles. The minimum Gasteiger partial charge on any atom is -0.363 e. The Kier molecular flexibility index (Phi) is 5.77. The molecule has 0 aliphatic rings. The lowest BCUT2D eigenvalue weighted by Gasteiger charge is -2.22. The van der Waals surface area contributed by atoms with Crippen LogP contribution in [0, 0.1) is 0 Å². The van der Waals surface area contributed by atoms with Gasteiger partial charge in [0.1, 0.15) is 4.32 Å². The molecule has 0 unspecified atom stereocenters. The van der Waals surface area contributed by atoms with Crippen LogP contribution in [0.1, 0.15) is 0 Å². The maximum absolute atomic E-state index is 5.23. The van der Waals surface area contributed by atoms with E-state index < -0.39 is 0 Å². The van der Waals surface area contributed by atoms with Crippen molar-refractivity contribution in [3.8, 4) is 0 Å². The molecule has 6 heteroatoms. The topological polar surface area (TPSA) is 3.24 Å². The molecule has 0 aromatic carbocycles. The van der Waals surface area contributed by atoms with Gasteiger partial charge in [-0.05, 0) is 23.0 Å². The van der Waals surface area contributed by atoms with E-state index in [2.05, 4.69) is 21.1 Å². The molecule has 0 amide bonds. The Hall–Kier alpha value is 0.640. The third-order valence-corrected chi connectivity index (χ3v) is 5.62. The van der Waals surface area contributed by atoms with E-state index in [-0.39, 0.29) is 0 Å². The van der Waals surface area contributed by atoms with Crippen molar-refractivity contribution in [3.05, 3.63) is 0 Å². The molecule has 0 radical (unpaired) electrons. The van der Waals surface area contributed by atoms with Crippen molar-refractivity contribution < 1.29 is 4.48 Å². The van der Waals surface area contributed by atoms with Gasteiger partial charge >= 0.3 is 0 Å². The summed E-state index contributed by atoms with van der Waals surface area (Å²) < 4.78 is 2.46. The fourth-order valence-corrected chi connectivity index (χ4v) is 2.93. The Morgan fingerprint density at radius 2 is 1.54 bits per heavy atom. The van der Waals surface area contributed by atoms with Crippen molar-refractivity contribution in [2.75, 3.05) is 35.2 Å². The molecular weight excluding hydrogens is 240 g/mol. The summed E-state index contributed by atoms with van der Waals surface area (Å²) in [4.78, 5) is 1.91. The average molecular weight is 255 g/mol. The van der Waals surface area contributed by atoms with E-state index in [0.717, 1.165) is 8.64 Å². The number of hydrogen-bond acceptors (Lipinski definition) is 4. The van der Waals surface area contributed by atoms with E-state index in [1.807, 2.05) is 19.0 Å². The van der Waals surface area contributed by atoms with Crippen molar-refractivity contribution in [2.45, 2.75) is 0 Å². The van der Waals surface area contributed by atoms with E-state index in [9.17, 15) is 0 Å². The van der Waals surface area contributed by atoms with Gasteiger partial charge in [-0.25, -0.2) is 0 Å². The van der Waals surface area contributed by atoms with Gasteiger partial charge in [0.25, 0.3) is 0 Å². The van der Waals surface area contributed by atoms with Crippen molar-refractivity contribution in [1.29, 1.82) is 0 Å². The van der Waals surface area contributed by atoms with Crippen molar-refractivity contribution in [1.82, 2.24) is 4.90 Å². The fourth-order valence-electron chi connectivity index (χ4n) is 0.258. The number of quaternary nitrogens is 1. The SMILES string of the molecule is CN(C)C(=S)SSC(=S)[N+](C)(C)C. The Morgan fingerprint density at radius 1 is 1.08 bits per heavy atom. The average Bonchev–Trinajstić information content (AvgIpc) is 1.97. The van der Waals surface area contributed by atoms with Crippen LogP contribution >= 0.6 is 46.0 Å². The molecule has 0 saturated heterocycles. The lowest BCUT2D eigenvalue weighted by molar-refractivity contribution is -0.769. The second-order valence-electron chi connectivity index (χ2n) is 3.61. The van der Waals surface area contributed by atoms with Crippen LogP contribution in [-0.2, 0) is 0 Å². The molecule has 0 bridgehead atoms. The predicted molar refractivity (Wildman–Crippen MR) is 72.1 cm³/mol. The summed E-state index contributed by atoms with van der Waals surface area (Å²) >= 11 is 10.4. The van der Waals surface area contributed by atoms with Crippen LogP contribution in [0.2, 0.25) is 0 Å². The van der Waals surface area contributed by atoms with Gasteiger partial charge in [0, 0.05) is 24.9 Å². The first-order valence-electron chi connectivity index (χ1n) is 3.67. The molecule has 13 heavy (non-hydrogen) atoms. The third kappa shape index (κ3) is 5.85. The normalized spacial score (nSPS) is 11.2. The van der Waals surface area contributed by atoms with Crippen molar-refractivity contribution >= 4 is 54.7 Å². The Bertz CT molecular complexity index is 207. The molecule has 0 rings (SSSR count). The first-order chi connectivity index (χ1) is 5.75. The van der Waals surface area contributed by atoms with Crippen LogP contribution in [0.3, 0.4) is 0 Å². The summed E-state index contributed by atoms with van der Waals surface area (Å²) in [6.07, 6.45) is 0. The maximum Gasteiger partial charge on any atom is 0.244 e. The van der Waals surface area contributed by atoms with E-state index in [4.69, 9.17) is 24.4 Å². The van der Waals surface area contributed by atoms with Gasteiger partial charge in [0.15, 0.2) is 0 Å². The molecule has 0 aromatic rings. The van der Waals surface area contributed by atoms with Crippen LogP contribution in [0.5, 0.6) is 0 Å². The third-order valence-electron chi connectivity index (χ3n) is 1.10. The van der Waals surface area contributed by atoms with Gasteiger partial charge in [-0.3, -0.25) is 4.48 Å². The van der Waals surface area contributed by atoms with Gasteiger partial charge in [-0.2, -0.15) is 0 Å². The minimum absolute atomic E-state index is 0.684. The number of hydrogen-bond donors (Lipinski definition) is 0. The smallest absolute Gasteiger partial charge is 0.244 e. The number of rotatable bonds is 0. The predicted octanol–water partition coefficient (Wildman–Crippen LogP) is 2.21. The Balaban J connectivity index is 3.92. The van der Waals surface area contributed by atoms with Gasteiger partial charge in [-0.15, -0.1) is 0 Å². The molecule has 0 atom stereocenters. The molecule has 0 heterocycles. The zero-order chi connectivity index (χ0) is 10.6. The first kappa shape index (κ1) is 13.6. The summed E-state index contributed by atoms with van der Waals surface area (Å²) in [6, 6.07) is 0. The van der Waals surface area contributed by atoms with Crippen LogP contribution in [0.15, 0.2) is 0 Å². The minimum atomic E-state index is 0.684. The van der Waals surface area contributed by atoms with Crippen molar-refractivity contribution in [3.63, 3.8) is 0 Å². The molecule has 0 aromatic heterocycles. The van der Waals surface area contributed by atoms with Crippen LogP contribution in [-0.4, -0.2) is 53.3 Å². The van der Waals surface area contributed by atoms with Crippen LogP contribution < -0.4 is 0 Å². The second kappa shape index (κ2) is 5.50. The highest BCUT2D eigenvalue weighted by Crippen LogP contribution is 2.28. The van der Waals surface area contributed by atoms with E-state index in [1.54, 1.807) is 10.8 Å². The maximum atomic E-state index is 5.23. The Morgan fingerprint density at radius 3 is 1.85 bits per heavy atom. The quantitative estimate of drug-likeness (QED) is 0.370. The molecule has 0 saturated carbocycles. The lowest BCUT2D eigenvalue weighted by Crippen LogP contribution is -2.37. The molecule has 76 valence electrons. The molecule has 0 fully saturated rings. The van der Waals surface area contributed by atoms with Gasteiger partial charge in [0.2, 0.25) is 4.32 Å². The highest BCUT2D eigenvalue weighted by molar-refractivity contribution is 8.89. The highest BCUT2D eigenvalue weighted by Gasteiger charge is 2.18. The zero-order valence-corrected chi connectivity index (χ0v) is 11.8. The largest absolute Gasteiger partial charge is 0.363 e. The number of nitrogens with zero attached hydrogens (tertiary/aromatic N) is 2. The van der Waals surface area contributed by atoms with Gasteiger partial charge < -0.3 is 4.90 Å². The number of thiocarbonyl (C=S) groups is 2. The van der Waals surface area contributed by atoms with E-state index >= 15 is 0 Å². The summed E-state index contributed by atoms with van der Waals surface area (Å²) in [7, 11) is 13.1. The molecule has 2 nitrogen and oxygen atoms in total. The highest BCUT2D eigenvalue weighted by atomic mass is 33.1. The van der Waals surface area contributed by atoms with Crippen LogP contribution in [0.25, 0.3) is 0 Å².